The van der Waals surface area contributed by atoms with Gasteiger partial charge in [-0.1, -0.05) is 18.2 Å². The highest BCUT2D eigenvalue weighted by Crippen LogP contribution is 2.19. The summed E-state index contributed by atoms with van der Waals surface area (Å²) < 4.78 is 0. The summed E-state index contributed by atoms with van der Waals surface area (Å²) in [7, 11) is 0. The first-order chi connectivity index (χ1) is 14.6. The summed E-state index contributed by atoms with van der Waals surface area (Å²) in [5, 5.41) is 15.7. The molecule has 0 aliphatic heterocycles. The van der Waals surface area contributed by atoms with Gasteiger partial charge in [-0.2, -0.15) is 0 Å². The van der Waals surface area contributed by atoms with Gasteiger partial charge >= 0.3 is 0 Å². The maximum atomic E-state index is 12.4. The van der Waals surface area contributed by atoms with E-state index >= 15 is 0 Å². The van der Waals surface area contributed by atoms with E-state index < -0.39 is 12.0 Å². The van der Waals surface area contributed by atoms with E-state index in [2.05, 4.69) is 30.6 Å². The number of rotatable bonds is 6. The van der Waals surface area contributed by atoms with Crippen molar-refractivity contribution in [3.05, 3.63) is 78.5 Å². The summed E-state index contributed by atoms with van der Waals surface area (Å²) in [6.07, 6.45) is 3.14. The number of aromatic nitrogens is 4. The number of aliphatic hydroxyl groups excluding tert-OH is 1. The van der Waals surface area contributed by atoms with Gasteiger partial charge < -0.3 is 20.7 Å². The molecular weight excluding hydrogens is 384 g/mol. The topological polar surface area (TPSA) is 133 Å². The molecule has 0 radical (unpaired) electrons. The van der Waals surface area contributed by atoms with E-state index in [0.717, 1.165) is 5.52 Å². The van der Waals surface area contributed by atoms with Crippen molar-refractivity contribution >= 4 is 34.4 Å². The van der Waals surface area contributed by atoms with E-state index in [-0.39, 0.29) is 12.3 Å². The average Bonchev–Trinajstić information content (AvgIpc) is 3.19. The van der Waals surface area contributed by atoms with Gasteiger partial charge in [-0.05, 0) is 30.3 Å². The van der Waals surface area contributed by atoms with E-state index in [1.807, 2.05) is 24.3 Å². The molecule has 1 atom stereocenters. The summed E-state index contributed by atoms with van der Waals surface area (Å²) in [5.74, 6) is -0.141. The molecule has 9 heteroatoms. The minimum atomic E-state index is -1.08. The van der Waals surface area contributed by atoms with Crippen LogP contribution in [-0.4, -0.2) is 36.9 Å². The van der Waals surface area contributed by atoms with Crippen LogP contribution in [-0.2, 0) is 4.79 Å². The third-order valence-electron chi connectivity index (χ3n) is 4.32. The Morgan fingerprint density at radius 2 is 1.93 bits per heavy atom. The third-order valence-corrected chi connectivity index (χ3v) is 4.32. The van der Waals surface area contributed by atoms with Crippen LogP contribution in [0.1, 0.15) is 28.7 Å². The minimum absolute atomic E-state index is 0.185. The van der Waals surface area contributed by atoms with Crippen LogP contribution in [0.25, 0.3) is 11.0 Å². The molecule has 2 aromatic carbocycles. The van der Waals surface area contributed by atoms with Crippen molar-refractivity contribution in [1.29, 1.82) is 0 Å². The summed E-state index contributed by atoms with van der Waals surface area (Å²) in [6, 6.07) is 13.8. The molecule has 4 N–H and O–H groups in total. The highest BCUT2D eigenvalue weighted by atomic mass is 16.3. The standard InChI is InChI=1S/C21H18N6O3/c28-17(20-25-15-6-1-2-7-16(15)26-20)11-19(29)24-14-5-3-4-13(10-14)21(30)27-18-12-22-8-9-23-18/h1-10,12,17,28H,11H2,(H,24,29)(H,25,26)(H,23,27,30). The Bertz CT molecular complexity index is 1160. The SMILES string of the molecule is O=C(CC(O)c1nc2ccccc2[nH]1)Nc1cccc(C(=O)Nc2cnccn2)c1. The monoisotopic (exact) mass is 402 g/mol. The van der Waals surface area contributed by atoms with Crippen molar-refractivity contribution in [2.45, 2.75) is 12.5 Å². The molecule has 0 saturated carbocycles. The number of H-pyrrole nitrogens is 1. The molecular formula is C21H18N6O3. The predicted octanol–water partition coefficient (Wildman–Crippen LogP) is 2.67. The molecule has 2 aromatic heterocycles. The lowest BCUT2D eigenvalue weighted by Gasteiger charge is -2.10. The Balaban J connectivity index is 1.39. The fraction of sp³-hybridized carbons (Fsp3) is 0.0952. The summed E-state index contributed by atoms with van der Waals surface area (Å²) in [6.45, 7) is 0. The zero-order valence-electron chi connectivity index (χ0n) is 15.7. The minimum Gasteiger partial charge on any atom is -0.385 e. The van der Waals surface area contributed by atoms with E-state index in [1.54, 1.807) is 18.2 Å². The van der Waals surface area contributed by atoms with Crippen LogP contribution in [0.15, 0.2) is 67.1 Å². The summed E-state index contributed by atoms with van der Waals surface area (Å²) in [5.41, 5.74) is 2.28. The highest BCUT2D eigenvalue weighted by molar-refractivity contribution is 6.04. The van der Waals surface area contributed by atoms with Crippen LogP contribution in [0.3, 0.4) is 0 Å². The van der Waals surface area contributed by atoms with Gasteiger partial charge in [0.25, 0.3) is 5.91 Å². The highest BCUT2D eigenvalue weighted by Gasteiger charge is 2.17. The number of nitrogens with zero attached hydrogens (tertiary/aromatic N) is 3. The predicted molar refractivity (Wildman–Crippen MR) is 111 cm³/mol. The molecule has 0 aliphatic carbocycles. The van der Waals surface area contributed by atoms with E-state index in [1.165, 1.54) is 24.7 Å². The van der Waals surface area contributed by atoms with Gasteiger partial charge in [0.15, 0.2) is 5.82 Å². The number of fused-ring (bicyclic) bond motifs is 1. The maximum absolute atomic E-state index is 12.4. The largest absolute Gasteiger partial charge is 0.385 e. The second-order valence-corrected chi connectivity index (χ2v) is 6.53. The van der Waals surface area contributed by atoms with E-state index in [4.69, 9.17) is 0 Å². The first kappa shape index (κ1) is 19.2. The van der Waals surface area contributed by atoms with Gasteiger partial charge in [0, 0.05) is 23.6 Å². The number of amides is 2. The number of anilines is 2. The number of hydrogen-bond acceptors (Lipinski definition) is 6. The number of aromatic amines is 1. The fourth-order valence-corrected chi connectivity index (χ4v) is 2.90. The summed E-state index contributed by atoms with van der Waals surface area (Å²) in [4.78, 5) is 39.9. The number of aliphatic hydroxyl groups is 1. The molecule has 30 heavy (non-hydrogen) atoms. The smallest absolute Gasteiger partial charge is 0.256 e. The van der Waals surface area contributed by atoms with Crippen LogP contribution < -0.4 is 10.6 Å². The Morgan fingerprint density at radius 3 is 2.73 bits per heavy atom. The fourth-order valence-electron chi connectivity index (χ4n) is 2.90. The van der Waals surface area contributed by atoms with E-state index in [9.17, 15) is 14.7 Å². The molecule has 2 heterocycles. The van der Waals surface area contributed by atoms with Crippen LogP contribution >= 0.6 is 0 Å². The maximum Gasteiger partial charge on any atom is 0.256 e. The molecule has 0 bridgehead atoms. The van der Waals surface area contributed by atoms with Crippen molar-refractivity contribution in [1.82, 2.24) is 19.9 Å². The average molecular weight is 402 g/mol. The van der Waals surface area contributed by atoms with Crippen LogP contribution in [0.5, 0.6) is 0 Å². The lowest BCUT2D eigenvalue weighted by atomic mass is 10.1. The lowest BCUT2D eigenvalue weighted by Crippen LogP contribution is -2.17. The van der Waals surface area contributed by atoms with Crippen molar-refractivity contribution in [2.24, 2.45) is 0 Å². The zero-order valence-corrected chi connectivity index (χ0v) is 15.7. The number of hydrogen-bond donors (Lipinski definition) is 4. The zero-order chi connectivity index (χ0) is 20.9. The van der Waals surface area contributed by atoms with E-state index in [0.29, 0.717) is 28.4 Å². The lowest BCUT2D eigenvalue weighted by molar-refractivity contribution is -0.118. The molecule has 9 nitrogen and oxygen atoms in total. The quantitative estimate of drug-likeness (QED) is 0.392. The molecule has 4 aromatic rings. The van der Waals surface area contributed by atoms with Crippen LogP contribution in [0.2, 0.25) is 0 Å². The van der Waals surface area contributed by atoms with Gasteiger partial charge in [-0.25, -0.2) is 9.97 Å². The number of benzene rings is 2. The van der Waals surface area contributed by atoms with Crippen molar-refractivity contribution in [2.75, 3.05) is 10.6 Å². The molecule has 0 saturated heterocycles. The van der Waals surface area contributed by atoms with Gasteiger partial charge in [-0.15, -0.1) is 0 Å². The van der Waals surface area contributed by atoms with Crippen LogP contribution in [0, 0.1) is 0 Å². The van der Waals surface area contributed by atoms with Gasteiger partial charge in [-0.3, -0.25) is 14.6 Å². The number of imidazole rings is 1. The van der Waals surface area contributed by atoms with Gasteiger partial charge in [0.05, 0.1) is 23.7 Å². The second-order valence-electron chi connectivity index (χ2n) is 6.53. The van der Waals surface area contributed by atoms with Gasteiger partial charge in [0.2, 0.25) is 5.91 Å². The molecule has 1 unspecified atom stereocenters. The molecule has 150 valence electrons. The van der Waals surface area contributed by atoms with Gasteiger partial charge in [0.1, 0.15) is 11.9 Å². The second kappa shape index (κ2) is 8.50. The number of carbonyl (C=O) groups excluding carboxylic acids is 2. The normalized spacial score (nSPS) is 11.8. The van der Waals surface area contributed by atoms with Crippen LogP contribution in [0.4, 0.5) is 11.5 Å². The summed E-state index contributed by atoms with van der Waals surface area (Å²) >= 11 is 0. The van der Waals surface area contributed by atoms with Crippen molar-refractivity contribution in [3.8, 4) is 0 Å². The molecule has 2 amide bonds. The first-order valence-corrected chi connectivity index (χ1v) is 9.18. The molecule has 4 rings (SSSR count). The Labute approximate surface area is 171 Å². The molecule has 0 fully saturated rings. The first-order valence-electron chi connectivity index (χ1n) is 9.18. The number of nitrogens with one attached hydrogen (secondary N) is 3. The molecule has 0 aliphatic rings. The number of para-hydroxylation sites is 2. The Hall–Kier alpha value is -4.11. The molecule has 0 spiro atoms. The number of carbonyl (C=O) groups is 2. The Morgan fingerprint density at radius 1 is 1.07 bits per heavy atom. The van der Waals surface area contributed by atoms with Crippen molar-refractivity contribution < 1.29 is 14.7 Å². The third kappa shape index (κ3) is 4.47. The van der Waals surface area contributed by atoms with Crippen molar-refractivity contribution in [3.63, 3.8) is 0 Å². The Kier molecular flexibility index (Phi) is 5.44.